The van der Waals surface area contributed by atoms with E-state index in [2.05, 4.69) is 22.9 Å². The van der Waals surface area contributed by atoms with Crippen molar-refractivity contribution in [2.45, 2.75) is 52.4 Å². The Labute approximate surface area is 111 Å². The molecule has 0 saturated heterocycles. The Morgan fingerprint density at radius 2 is 1.31 bits per heavy atom. The topological polar surface area (TPSA) is 58.6 Å². The molecule has 0 atom stereocenters. The number of hydrogen-bond acceptors (Lipinski definition) is 4. The smallest absolute Gasteiger partial charge is 0.756 e. The van der Waals surface area contributed by atoms with Gasteiger partial charge in [-0.15, -0.1) is 0 Å². The monoisotopic (exact) mass is 301 g/mol. The molecule has 4 nitrogen and oxygen atoms in total. The number of rotatable bonds is 10. The van der Waals surface area contributed by atoms with Crippen molar-refractivity contribution >= 4 is 7.82 Å². The van der Waals surface area contributed by atoms with Crippen LogP contribution in [0.2, 0.25) is 0 Å². The van der Waals surface area contributed by atoms with Crippen molar-refractivity contribution in [2.24, 2.45) is 0 Å². The van der Waals surface area contributed by atoms with Gasteiger partial charge >= 0.3 is 19.5 Å². The van der Waals surface area contributed by atoms with Crippen LogP contribution in [0.4, 0.5) is 0 Å². The zero-order chi connectivity index (χ0) is 11.6. The second-order valence-corrected chi connectivity index (χ2v) is 4.94. The number of phosphoric acid groups is 1. The third kappa shape index (κ3) is 12.8. The summed E-state index contributed by atoms with van der Waals surface area (Å²) in [5.41, 5.74) is 0. The van der Waals surface area contributed by atoms with Gasteiger partial charge in [0.1, 0.15) is 0 Å². The van der Waals surface area contributed by atoms with E-state index in [1.807, 2.05) is 0 Å². The molecule has 0 aliphatic heterocycles. The summed E-state index contributed by atoms with van der Waals surface area (Å²) in [6.07, 6.45) is 5.58. The molecule has 0 aromatic rings. The molecule has 0 aliphatic rings. The molecular weight excluding hydrogens is 280 g/mol. The maximum Gasteiger partial charge on any atom is 2.00 e. The van der Waals surface area contributed by atoms with Crippen molar-refractivity contribution in [3.8, 4) is 0 Å². The first-order valence-corrected chi connectivity index (χ1v) is 7.18. The molecule has 0 bridgehead atoms. The average Bonchev–Trinajstić information content (AvgIpc) is 2.20. The van der Waals surface area contributed by atoms with Gasteiger partial charge < -0.3 is 13.9 Å². The fourth-order valence-corrected chi connectivity index (χ4v) is 1.87. The van der Waals surface area contributed by atoms with Crippen LogP contribution in [0.25, 0.3) is 0 Å². The Morgan fingerprint density at radius 3 is 1.62 bits per heavy atom. The van der Waals surface area contributed by atoms with Gasteiger partial charge in [-0.2, -0.15) is 0 Å². The maximum atomic E-state index is 11.1. The summed E-state index contributed by atoms with van der Waals surface area (Å²) in [4.78, 5) is 11.1. The van der Waals surface area contributed by atoms with Gasteiger partial charge in [0.25, 0.3) is 7.82 Å². The quantitative estimate of drug-likeness (QED) is 0.354. The molecule has 0 amide bonds. The van der Waals surface area contributed by atoms with Crippen molar-refractivity contribution < 1.29 is 38.0 Å². The van der Waals surface area contributed by atoms with E-state index in [1.54, 1.807) is 0 Å². The summed E-state index contributed by atoms with van der Waals surface area (Å²) in [7, 11) is -4.02. The molecule has 0 radical (unpaired) electrons. The van der Waals surface area contributed by atoms with Crippen LogP contribution in [0.3, 0.4) is 0 Å². The summed E-state index contributed by atoms with van der Waals surface area (Å²) in [6, 6.07) is 0. The summed E-state index contributed by atoms with van der Waals surface area (Å²) < 4.78 is 20.5. The number of unbranched alkanes of at least 4 members (excludes halogenated alkanes) is 4. The minimum atomic E-state index is -4.02. The van der Waals surface area contributed by atoms with Crippen LogP contribution < -0.4 is 4.89 Å². The van der Waals surface area contributed by atoms with E-state index in [0.29, 0.717) is 0 Å². The van der Waals surface area contributed by atoms with Crippen LogP contribution >= 0.6 is 7.82 Å². The SMILES string of the molecule is CCCCCOP(=O)([O-])OCCCCC.[Zn+2]. The molecule has 0 heterocycles. The molecule has 0 spiro atoms. The second-order valence-electron chi connectivity index (χ2n) is 3.53. The Balaban J connectivity index is 0. The molecule has 0 rings (SSSR count). The fourth-order valence-electron chi connectivity index (χ4n) is 1.09. The van der Waals surface area contributed by atoms with E-state index < -0.39 is 7.82 Å². The minimum Gasteiger partial charge on any atom is -0.756 e. The average molecular weight is 303 g/mol. The third-order valence-corrected chi connectivity index (χ3v) is 2.99. The number of hydrogen-bond donors (Lipinski definition) is 0. The summed E-state index contributed by atoms with van der Waals surface area (Å²) in [5.74, 6) is 0. The summed E-state index contributed by atoms with van der Waals surface area (Å²) in [5, 5.41) is 0. The molecule has 92 valence electrons. The van der Waals surface area contributed by atoms with Crippen LogP contribution in [0.5, 0.6) is 0 Å². The Bertz CT molecular complexity index is 174. The minimum absolute atomic E-state index is 0. The fraction of sp³-hybridized carbons (Fsp3) is 1.00. The second kappa shape index (κ2) is 12.2. The first-order chi connectivity index (χ1) is 7.12. The van der Waals surface area contributed by atoms with E-state index in [-0.39, 0.29) is 32.7 Å². The molecule has 0 unspecified atom stereocenters. The molecule has 0 aliphatic carbocycles. The van der Waals surface area contributed by atoms with Gasteiger partial charge in [-0.05, 0) is 12.8 Å². The standard InChI is InChI=1S/C10H23O4P.Zn/c1-3-5-7-9-13-15(11,12)14-10-8-6-4-2;/h3-10H2,1-2H3,(H,11,12);/q;+2/p-1. The van der Waals surface area contributed by atoms with E-state index in [1.165, 1.54) is 0 Å². The third-order valence-electron chi connectivity index (χ3n) is 1.99. The van der Waals surface area contributed by atoms with Crippen molar-refractivity contribution in [1.29, 1.82) is 0 Å². The zero-order valence-electron chi connectivity index (χ0n) is 10.4. The Hall–Kier alpha value is 0.733. The van der Waals surface area contributed by atoms with Crippen LogP contribution in [-0.2, 0) is 33.1 Å². The van der Waals surface area contributed by atoms with Crippen LogP contribution in [0.15, 0.2) is 0 Å². The van der Waals surface area contributed by atoms with E-state index in [0.717, 1.165) is 38.5 Å². The predicted octanol–water partition coefficient (Wildman–Crippen LogP) is 2.87. The molecular formula is C10H22O4PZn+. The van der Waals surface area contributed by atoms with Crippen molar-refractivity contribution in [3.05, 3.63) is 0 Å². The largest absolute Gasteiger partial charge is 2.00 e. The Kier molecular flexibility index (Phi) is 14.5. The van der Waals surface area contributed by atoms with Gasteiger partial charge in [-0.3, -0.25) is 4.57 Å². The first kappa shape index (κ1) is 19.1. The van der Waals surface area contributed by atoms with Gasteiger partial charge in [-0.25, -0.2) is 0 Å². The van der Waals surface area contributed by atoms with Gasteiger partial charge in [0.05, 0.1) is 13.2 Å². The van der Waals surface area contributed by atoms with Crippen LogP contribution in [0, 0.1) is 0 Å². The first-order valence-electron chi connectivity index (χ1n) is 5.72. The van der Waals surface area contributed by atoms with Crippen molar-refractivity contribution in [3.63, 3.8) is 0 Å². The van der Waals surface area contributed by atoms with Gasteiger partial charge in [0.2, 0.25) is 0 Å². The molecule has 16 heavy (non-hydrogen) atoms. The Morgan fingerprint density at radius 1 is 0.938 bits per heavy atom. The molecule has 0 aromatic heterocycles. The molecule has 6 heteroatoms. The van der Waals surface area contributed by atoms with Crippen molar-refractivity contribution in [1.82, 2.24) is 0 Å². The van der Waals surface area contributed by atoms with E-state index >= 15 is 0 Å². The van der Waals surface area contributed by atoms with E-state index in [9.17, 15) is 9.46 Å². The molecule has 0 saturated carbocycles. The molecule has 0 fully saturated rings. The van der Waals surface area contributed by atoms with Crippen molar-refractivity contribution in [2.75, 3.05) is 13.2 Å². The molecule has 0 aromatic carbocycles. The van der Waals surface area contributed by atoms with Gasteiger partial charge in [-0.1, -0.05) is 39.5 Å². The zero-order valence-corrected chi connectivity index (χ0v) is 14.3. The summed E-state index contributed by atoms with van der Waals surface area (Å²) in [6.45, 7) is 4.58. The predicted molar refractivity (Wildman–Crippen MR) is 58.6 cm³/mol. The maximum absolute atomic E-state index is 11.1. The van der Waals surface area contributed by atoms with E-state index in [4.69, 9.17) is 0 Å². The van der Waals surface area contributed by atoms with Gasteiger partial charge in [0, 0.05) is 0 Å². The van der Waals surface area contributed by atoms with Crippen LogP contribution in [0.1, 0.15) is 52.4 Å². The normalized spacial score (nSPS) is 11.2. The number of phosphoric ester groups is 1. The van der Waals surface area contributed by atoms with Crippen LogP contribution in [-0.4, -0.2) is 13.2 Å². The van der Waals surface area contributed by atoms with Gasteiger partial charge in [0.15, 0.2) is 0 Å². The summed E-state index contributed by atoms with van der Waals surface area (Å²) >= 11 is 0. The molecule has 0 N–H and O–H groups in total.